The zero-order chi connectivity index (χ0) is 31.5. The highest BCUT2D eigenvalue weighted by atomic mass is 32.1. The molecule has 46 heavy (non-hydrogen) atoms. The Hall–Kier alpha value is -4.69. The fourth-order valence-electron chi connectivity index (χ4n) is 6.00. The predicted molar refractivity (Wildman–Crippen MR) is 190 cm³/mol. The first-order valence-electron chi connectivity index (χ1n) is 15.5. The van der Waals surface area contributed by atoms with Gasteiger partial charge in [-0.25, -0.2) is 15.0 Å². The van der Waals surface area contributed by atoms with E-state index >= 15 is 0 Å². The van der Waals surface area contributed by atoms with Gasteiger partial charge in [0, 0.05) is 42.4 Å². The van der Waals surface area contributed by atoms with Gasteiger partial charge >= 0.3 is 7.12 Å². The molecule has 7 aromatic rings. The van der Waals surface area contributed by atoms with Crippen LogP contribution in [0.3, 0.4) is 0 Å². The maximum atomic E-state index is 6.51. The Morgan fingerprint density at radius 1 is 0.522 bits per heavy atom. The SMILES string of the molecule is CC1(C)OB(c2ccc(-c3cccc4c3sc3ccccc34)c(-c3nc(-c4ccccc4)nc(-c4ccccc4)n3)c2)OC1(C)C. The quantitative estimate of drug-likeness (QED) is 0.180. The molecule has 1 fully saturated rings. The summed E-state index contributed by atoms with van der Waals surface area (Å²) in [5.74, 6) is 1.84. The molecule has 0 spiro atoms. The molecule has 3 heterocycles. The molecule has 1 saturated heterocycles. The molecule has 0 atom stereocenters. The van der Waals surface area contributed by atoms with Gasteiger partial charge in [-0.15, -0.1) is 11.3 Å². The lowest BCUT2D eigenvalue weighted by Gasteiger charge is -2.32. The van der Waals surface area contributed by atoms with E-state index in [1.807, 2.05) is 72.0 Å². The van der Waals surface area contributed by atoms with Crippen molar-refractivity contribution in [3.05, 3.63) is 121 Å². The van der Waals surface area contributed by atoms with Crippen molar-refractivity contribution in [2.75, 3.05) is 0 Å². The zero-order valence-corrected chi connectivity index (χ0v) is 27.0. The Kier molecular flexibility index (Phi) is 6.87. The van der Waals surface area contributed by atoms with Crippen molar-refractivity contribution in [3.8, 4) is 45.3 Å². The first-order chi connectivity index (χ1) is 22.3. The summed E-state index contributed by atoms with van der Waals surface area (Å²) in [7, 11) is -0.526. The standard InChI is InChI=1S/C39H32BN3O2S/c1-38(2)39(3,4)45-40(44-38)27-22-23-28(30-19-13-20-31-29-18-11-12-21-33(29)46-34(30)31)32(24-27)37-42-35(25-14-7-5-8-15-25)41-36(43-37)26-16-9-6-10-17-26/h5-24H,1-4H3. The topological polar surface area (TPSA) is 57.1 Å². The molecule has 0 radical (unpaired) electrons. The molecular weight excluding hydrogens is 585 g/mol. The van der Waals surface area contributed by atoms with Crippen molar-refractivity contribution < 1.29 is 9.31 Å². The summed E-state index contributed by atoms with van der Waals surface area (Å²) in [5, 5.41) is 2.50. The molecule has 5 nitrogen and oxygen atoms in total. The average molecular weight is 618 g/mol. The van der Waals surface area contributed by atoms with Gasteiger partial charge in [-0.05, 0) is 44.8 Å². The number of thiophene rings is 1. The van der Waals surface area contributed by atoms with Gasteiger partial charge in [0.25, 0.3) is 0 Å². The highest BCUT2D eigenvalue weighted by Crippen LogP contribution is 2.43. The summed E-state index contributed by atoms with van der Waals surface area (Å²) < 4.78 is 15.5. The monoisotopic (exact) mass is 617 g/mol. The van der Waals surface area contributed by atoms with Crippen LogP contribution in [-0.4, -0.2) is 33.3 Å². The molecule has 0 bridgehead atoms. The molecule has 1 aliphatic rings. The molecule has 5 aromatic carbocycles. The summed E-state index contributed by atoms with van der Waals surface area (Å²) in [4.78, 5) is 15.2. The van der Waals surface area contributed by atoms with Crippen LogP contribution in [0.4, 0.5) is 0 Å². The van der Waals surface area contributed by atoms with Gasteiger partial charge in [-0.1, -0.05) is 115 Å². The van der Waals surface area contributed by atoms with Gasteiger partial charge in [0.05, 0.1) is 11.2 Å². The molecule has 0 saturated carbocycles. The van der Waals surface area contributed by atoms with E-state index in [0.717, 1.165) is 33.3 Å². The molecule has 0 unspecified atom stereocenters. The third-order valence-electron chi connectivity index (χ3n) is 9.20. The summed E-state index contributed by atoms with van der Waals surface area (Å²) in [6.07, 6.45) is 0. The van der Waals surface area contributed by atoms with Gasteiger partial charge in [0.2, 0.25) is 0 Å². The average Bonchev–Trinajstić information content (AvgIpc) is 3.57. The highest BCUT2D eigenvalue weighted by molar-refractivity contribution is 7.26. The largest absolute Gasteiger partial charge is 0.494 e. The smallest absolute Gasteiger partial charge is 0.399 e. The molecule has 0 aliphatic carbocycles. The second-order valence-electron chi connectivity index (χ2n) is 12.7. The summed E-state index contributed by atoms with van der Waals surface area (Å²) >= 11 is 1.81. The number of hydrogen-bond acceptors (Lipinski definition) is 6. The Labute approximate surface area is 273 Å². The lowest BCUT2D eigenvalue weighted by atomic mass is 9.77. The Morgan fingerprint density at radius 2 is 1.09 bits per heavy atom. The van der Waals surface area contributed by atoms with E-state index < -0.39 is 18.3 Å². The van der Waals surface area contributed by atoms with E-state index in [0.29, 0.717) is 17.5 Å². The lowest BCUT2D eigenvalue weighted by molar-refractivity contribution is 0.00578. The molecule has 0 amide bonds. The van der Waals surface area contributed by atoms with Gasteiger partial charge in [0.15, 0.2) is 17.5 Å². The fourth-order valence-corrected chi connectivity index (χ4v) is 7.23. The van der Waals surface area contributed by atoms with Crippen molar-refractivity contribution in [1.29, 1.82) is 0 Å². The van der Waals surface area contributed by atoms with Crippen molar-refractivity contribution >= 4 is 44.1 Å². The van der Waals surface area contributed by atoms with E-state index in [2.05, 4.69) is 88.4 Å². The second-order valence-corrected chi connectivity index (χ2v) is 13.8. The lowest BCUT2D eigenvalue weighted by Crippen LogP contribution is -2.41. The molecule has 8 rings (SSSR count). The zero-order valence-electron chi connectivity index (χ0n) is 26.2. The van der Waals surface area contributed by atoms with Gasteiger partial charge in [-0.3, -0.25) is 0 Å². The minimum absolute atomic E-state index is 0.465. The number of nitrogens with zero attached hydrogens (tertiary/aromatic N) is 3. The van der Waals surface area contributed by atoms with Crippen LogP contribution in [0.1, 0.15) is 27.7 Å². The van der Waals surface area contributed by atoms with Crippen molar-refractivity contribution in [2.45, 2.75) is 38.9 Å². The predicted octanol–water partition coefficient (Wildman–Crippen LogP) is 9.21. The van der Waals surface area contributed by atoms with Crippen molar-refractivity contribution in [1.82, 2.24) is 15.0 Å². The summed E-state index contributed by atoms with van der Waals surface area (Å²) in [5.41, 5.74) is 4.93. The second kappa shape index (κ2) is 11.0. The van der Waals surface area contributed by atoms with Gasteiger partial charge in [-0.2, -0.15) is 0 Å². The van der Waals surface area contributed by atoms with E-state index in [-0.39, 0.29) is 0 Å². The van der Waals surface area contributed by atoms with Crippen LogP contribution in [0, 0.1) is 0 Å². The Morgan fingerprint density at radius 3 is 1.74 bits per heavy atom. The third kappa shape index (κ3) is 4.92. The summed E-state index contributed by atoms with van der Waals surface area (Å²) in [6, 6.07) is 41.7. The van der Waals surface area contributed by atoms with Crippen molar-refractivity contribution in [3.63, 3.8) is 0 Å². The first-order valence-corrected chi connectivity index (χ1v) is 16.4. The Balaban J connectivity index is 1.39. The minimum Gasteiger partial charge on any atom is -0.399 e. The number of fused-ring (bicyclic) bond motifs is 3. The molecule has 224 valence electrons. The van der Waals surface area contributed by atoms with Gasteiger partial charge < -0.3 is 9.31 Å². The van der Waals surface area contributed by atoms with Crippen LogP contribution in [0.5, 0.6) is 0 Å². The molecular formula is C39H32BN3O2S. The number of hydrogen-bond donors (Lipinski definition) is 0. The van der Waals surface area contributed by atoms with Gasteiger partial charge in [0.1, 0.15) is 0 Å². The summed E-state index contributed by atoms with van der Waals surface area (Å²) in [6.45, 7) is 8.31. The number of benzene rings is 5. The van der Waals surface area contributed by atoms with Crippen LogP contribution < -0.4 is 5.46 Å². The van der Waals surface area contributed by atoms with Crippen LogP contribution in [0.15, 0.2) is 121 Å². The minimum atomic E-state index is -0.526. The van der Waals surface area contributed by atoms with Crippen LogP contribution >= 0.6 is 11.3 Å². The molecule has 1 aliphatic heterocycles. The number of rotatable bonds is 5. The van der Waals surface area contributed by atoms with E-state index in [1.165, 1.54) is 20.2 Å². The van der Waals surface area contributed by atoms with Crippen LogP contribution in [-0.2, 0) is 9.31 Å². The number of aromatic nitrogens is 3. The van der Waals surface area contributed by atoms with E-state index in [1.54, 1.807) is 0 Å². The highest BCUT2D eigenvalue weighted by Gasteiger charge is 2.51. The third-order valence-corrected chi connectivity index (χ3v) is 10.4. The van der Waals surface area contributed by atoms with Crippen LogP contribution in [0.25, 0.3) is 65.5 Å². The maximum Gasteiger partial charge on any atom is 0.494 e. The van der Waals surface area contributed by atoms with E-state index in [4.69, 9.17) is 24.3 Å². The van der Waals surface area contributed by atoms with E-state index in [9.17, 15) is 0 Å². The fraction of sp³-hybridized carbons (Fsp3) is 0.154. The normalized spacial score (nSPS) is 15.5. The van der Waals surface area contributed by atoms with Crippen molar-refractivity contribution in [2.24, 2.45) is 0 Å². The molecule has 7 heteroatoms. The maximum absolute atomic E-state index is 6.51. The van der Waals surface area contributed by atoms with Crippen LogP contribution in [0.2, 0.25) is 0 Å². The first kappa shape index (κ1) is 28.8. The molecule has 2 aromatic heterocycles. The molecule has 0 N–H and O–H groups in total. The Bertz CT molecular complexity index is 2160.